The standard InChI is InChI=1S/C20H23N5O4S2/c1-12(2)13-3-5-14(6-4-13)19-22-23-20(30-19)21-18(27)16-7-8-17(26)25(24-16)15-9-10-31(28,29)11-15/h3-6,12,15H,7-11H2,1-2H3,(H,21,23,27)/t15-/m0/s1. The van der Waals surface area contributed by atoms with E-state index in [1.807, 2.05) is 24.3 Å². The molecule has 3 heterocycles. The van der Waals surface area contributed by atoms with Crippen molar-refractivity contribution in [3.05, 3.63) is 29.8 Å². The third kappa shape index (κ3) is 4.82. The Bertz CT molecular complexity index is 1140. The van der Waals surface area contributed by atoms with Gasteiger partial charge in [-0.1, -0.05) is 49.4 Å². The molecule has 2 aliphatic rings. The summed E-state index contributed by atoms with van der Waals surface area (Å²) in [7, 11) is -3.17. The van der Waals surface area contributed by atoms with E-state index < -0.39 is 21.8 Å². The molecule has 0 unspecified atom stereocenters. The molecule has 31 heavy (non-hydrogen) atoms. The summed E-state index contributed by atoms with van der Waals surface area (Å²) in [5.74, 6) is -0.375. The number of anilines is 1. The fraction of sp³-hybridized carbons (Fsp3) is 0.450. The summed E-state index contributed by atoms with van der Waals surface area (Å²) < 4.78 is 23.5. The number of aromatic nitrogens is 2. The summed E-state index contributed by atoms with van der Waals surface area (Å²) in [6.45, 7) is 4.25. The summed E-state index contributed by atoms with van der Waals surface area (Å²) in [6.07, 6.45) is 0.650. The first-order valence-corrected chi connectivity index (χ1v) is 12.7. The summed E-state index contributed by atoms with van der Waals surface area (Å²) in [5.41, 5.74) is 2.32. The molecule has 164 valence electrons. The lowest BCUT2D eigenvalue weighted by molar-refractivity contribution is -0.133. The van der Waals surface area contributed by atoms with Gasteiger partial charge in [0.05, 0.1) is 17.5 Å². The number of rotatable bonds is 5. The molecular weight excluding hydrogens is 438 g/mol. The number of hydrogen-bond acceptors (Lipinski definition) is 8. The second-order valence-corrected chi connectivity index (χ2v) is 11.2. The van der Waals surface area contributed by atoms with Gasteiger partial charge in [-0.15, -0.1) is 10.2 Å². The van der Waals surface area contributed by atoms with E-state index in [0.717, 1.165) is 5.56 Å². The van der Waals surface area contributed by atoms with Crippen LogP contribution in [0.2, 0.25) is 0 Å². The van der Waals surface area contributed by atoms with Crippen LogP contribution < -0.4 is 5.32 Å². The summed E-state index contributed by atoms with van der Waals surface area (Å²) in [5, 5.41) is 17.2. The van der Waals surface area contributed by atoms with Crippen LogP contribution in [-0.4, -0.2) is 58.7 Å². The van der Waals surface area contributed by atoms with Gasteiger partial charge in [-0.05, 0) is 17.9 Å². The van der Waals surface area contributed by atoms with Gasteiger partial charge >= 0.3 is 0 Å². The molecule has 2 amide bonds. The summed E-state index contributed by atoms with van der Waals surface area (Å²) >= 11 is 1.25. The van der Waals surface area contributed by atoms with Gasteiger partial charge in [0.1, 0.15) is 10.7 Å². The minimum Gasteiger partial charge on any atom is -0.295 e. The van der Waals surface area contributed by atoms with E-state index in [-0.39, 0.29) is 36.0 Å². The lowest BCUT2D eigenvalue weighted by Gasteiger charge is -2.27. The van der Waals surface area contributed by atoms with Crippen LogP contribution in [0.1, 0.15) is 44.6 Å². The fourth-order valence-electron chi connectivity index (χ4n) is 3.56. The average Bonchev–Trinajstić information content (AvgIpc) is 3.34. The van der Waals surface area contributed by atoms with E-state index in [4.69, 9.17) is 0 Å². The van der Waals surface area contributed by atoms with Crippen molar-refractivity contribution in [2.75, 3.05) is 16.8 Å². The molecule has 11 heteroatoms. The van der Waals surface area contributed by atoms with Crippen molar-refractivity contribution >= 4 is 43.8 Å². The first-order chi connectivity index (χ1) is 14.7. The van der Waals surface area contributed by atoms with Crippen molar-refractivity contribution < 1.29 is 18.0 Å². The third-order valence-corrected chi connectivity index (χ3v) is 7.98. The topological polar surface area (TPSA) is 122 Å². The van der Waals surface area contributed by atoms with Crippen molar-refractivity contribution in [2.24, 2.45) is 5.10 Å². The molecule has 2 aromatic rings. The van der Waals surface area contributed by atoms with Crippen LogP contribution in [0.4, 0.5) is 5.13 Å². The quantitative estimate of drug-likeness (QED) is 0.730. The number of nitrogens with one attached hydrogen (secondary N) is 1. The van der Waals surface area contributed by atoms with Gasteiger partial charge in [0.25, 0.3) is 5.91 Å². The zero-order chi connectivity index (χ0) is 22.2. The SMILES string of the molecule is CC(C)c1ccc(-c2nnc(NC(=O)C3=NN([C@H]4CCS(=O)(=O)C4)C(=O)CC3)s2)cc1. The fourth-order valence-corrected chi connectivity index (χ4v) is 5.99. The van der Waals surface area contributed by atoms with Gasteiger partial charge in [0, 0.05) is 18.4 Å². The highest BCUT2D eigenvalue weighted by atomic mass is 32.2. The molecule has 2 aliphatic heterocycles. The Morgan fingerprint density at radius 1 is 1.19 bits per heavy atom. The number of carbonyl (C=O) groups is 2. The van der Waals surface area contributed by atoms with Crippen molar-refractivity contribution in [1.82, 2.24) is 15.2 Å². The number of sulfone groups is 1. The van der Waals surface area contributed by atoms with Crippen LogP contribution in [0.5, 0.6) is 0 Å². The second kappa shape index (κ2) is 8.46. The highest BCUT2D eigenvalue weighted by molar-refractivity contribution is 7.91. The number of benzene rings is 1. The number of nitrogens with zero attached hydrogens (tertiary/aromatic N) is 4. The van der Waals surface area contributed by atoms with Crippen LogP contribution in [0.3, 0.4) is 0 Å². The zero-order valence-corrected chi connectivity index (χ0v) is 18.9. The molecule has 1 saturated heterocycles. The minimum atomic E-state index is -3.17. The molecular formula is C20H23N5O4S2. The maximum absolute atomic E-state index is 12.7. The van der Waals surface area contributed by atoms with Crippen LogP contribution in [0.15, 0.2) is 29.4 Å². The Morgan fingerprint density at radius 2 is 1.94 bits per heavy atom. The van der Waals surface area contributed by atoms with E-state index in [9.17, 15) is 18.0 Å². The number of amides is 2. The van der Waals surface area contributed by atoms with E-state index in [1.54, 1.807) is 0 Å². The summed E-state index contributed by atoms with van der Waals surface area (Å²) in [6, 6.07) is 7.54. The van der Waals surface area contributed by atoms with Crippen LogP contribution in [0.25, 0.3) is 10.6 Å². The molecule has 0 spiro atoms. The average molecular weight is 462 g/mol. The molecule has 0 aliphatic carbocycles. The zero-order valence-electron chi connectivity index (χ0n) is 17.2. The molecule has 1 fully saturated rings. The van der Waals surface area contributed by atoms with Crippen LogP contribution >= 0.6 is 11.3 Å². The summed E-state index contributed by atoms with van der Waals surface area (Å²) in [4.78, 5) is 24.9. The molecule has 1 atom stereocenters. The first kappa shape index (κ1) is 21.6. The Balaban J connectivity index is 1.45. The molecule has 0 bridgehead atoms. The maximum Gasteiger partial charge on any atom is 0.273 e. The van der Waals surface area contributed by atoms with Gasteiger partial charge in [-0.25, -0.2) is 13.4 Å². The van der Waals surface area contributed by atoms with Gasteiger partial charge in [-0.2, -0.15) is 5.10 Å². The first-order valence-electron chi connectivity index (χ1n) is 10.1. The van der Waals surface area contributed by atoms with Gasteiger partial charge < -0.3 is 0 Å². The van der Waals surface area contributed by atoms with Gasteiger partial charge in [0.15, 0.2) is 9.84 Å². The molecule has 4 rings (SSSR count). The Hall–Kier alpha value is -2.66. The molecule has 0 saturated carbocycles. The molecule has 1 N–H and O–H groups in total. The smallest absolute Gasteiger partial charge is 0.273 e. The largest absolute Gasteiger partial charge is 0.295 e. The predicted octanol–water partition coefficient (Wildman–Crippen LogP) is 2.43. The molecule has 9 nitrogen and oxygen atoms in total. The Morgan fingerprint density at radius 3 is 2.58 bits per heavy atom. The maximum atomic E-state index is 12.7. The molecule has 1 aromatic heterocycles. The van der Waals surface area contributed by atoms with Gasteiger partial charge in [0.2, 0.25) is 11.0 Å². The number of carbonyl (C=O) groups excluding carboxylic acids is 2. The van der Waals surface area contributed by atoms with E-state index in [1.165, 1.54) is 21.9 Å². The second-order valence-electron chi connectivity index (χ2n) is 7.99. The molecule has 1 aromatic carbocycles. The van der Waals surface area contributed by atoms with Crippen molar-refractivity contribution in [1.29, 1.82) is 0 Å². The predicted molar refractivity (Wildman–Crippen MR) is 119 cm³/mol. The van der Waals surface area contributed by atoms with E-state index >= 15 is 0 Å². The van der Waals surface area contributed by atoms with Crippen molar-refractivity contribution in [3.8, 4) is 10.6 Å². The van der Waals surface area contributed by atoms with Crippen molar-refractivity contribution in [3.63, 3.8) is 0 Å². The monoisotopic (exact) mass is 461 g/mol. The number of hydrazone groups is 1. The normalized spacial score (nSPS) is 20.7. The Kier molecular flexibility index (Phi) is 5.89. The van der Waals surface area contributed by atoms with Gasteiger partial charge in [-0.3, -0.25) is 14.9 Å². The Labute approximate surface area is 184 Å². The molecule has 0 radical (unpaired) electrons. The lowest BCUT2D eigenvalue weighted by Crippen LogP contribution is -2.42. The van der Waals surface area contributed by atoms with E-state index in [0.29, 0.717) is 22.5 Å². The van der Waals surface area contributed by atoms with Crippen LogP contribution in [-0.2, 0) is 19.4 Å². The highest BCUT2D eigenvalue weighted by Gasteiger charge is 2.37. The minimum absolute atomic E-state index is 0.0320. The lowest BCUT2D eigenvalue weighted by atomic mass is 10.0. The van der Waals surface area contributed by atoms with Crippen molar-refractivity contribution in [2.45, 2.75) is 45.1 Å². The number of hydrogen-bond donors (Lipinski definition) is 1. The van der Waals surface area contributed by atoms with Crippen LogP contribution in [0, 0.1) is 0 Å². The third-order valence-electron chi connectivity index (χ3n) is 5.35. The highest BCUT2D eigenvalue weighted by Crippen LogP contribution is 2.28. The van der Waals surface area contributed by atoms with E-state index in [2.05, 4.69) is 34.5 Å².